The molecule has 2 aromatic rings. The Labute approximate surface area is 158 Å². The first-order chi connectivity index (χ1) is 12.7. The Kier molecular flexibility index (Phi) is 5.27. The van der Waals surface area contributed by atoms with Crippen LogP contribution in [0.3, 0.4) is 0 Å². The van der Waals surface area contributed by atoms with Crippen LogP contribution in [0.5, 0.6) is 0 Å². The predicted octanol–water partition coefficient (Wildman–Crippen LogP) is 2.16. The predicted molar refractivity (Wildman–Crippen MR) is 104 cm³/mol. The number of carbonyl (C=O) groups is 2. The number of hydrogen-bond donors (Lipinski definition) is 1. The number of benzene rings is 1. The second kappa shape index (κ2) is 7.48. The zero-order valence-electron chi connectivity index (χ0n) is 15.2. The third-order valence-corrected chi connectivity index (χ3v) is 6.42. The Morgan fingerprint density at radius 1 is 1.15 bits per heavy atom. The summed E-state index contributed by atoms with van der Waals surface area (Å²) in [5.74, 6) is 0.490. The number of anilines is 2. The Morgan fingerprint density at radius 3 is 2.44 bits per heavy atom. The minimum absolute atomic E-state index is 0.0383. The van der Waals surface area contributed by atoms with E-state index in [4.69, 9.17) is 0 Å². The van der Waals surface area contributed by atoms with Gasteiger partial charge in [-0.1, -0.05) is 0 Å². The number of rotatable bonds is 5. The lowest BCUT2D eigenvalue weighted by Gasteiger charge is -2.24. The lowest BCUT2D eigenvalue weighted by atomic mass is 10.1. The van der Waals surface area contributed by atoms with E-state index < -0.39 is 9.84 Å². The fourth-order valence-electron chi connectivity index (χ4n) is 3.01. The van der Waals surface area contributed by atoms with E-state index in [0.29, 0.717) is 29.1 Å². The van der Waals surface area contributed by atoms with Gasteiger partial charge in [0.05, 0.1) is 11.5 Å². The average Bonchev–Trinajstić information content (AvgIpc) is 3.01. The van der Waals surface area contributed by atoms with Crippen LogP contribution in [0.15, 0.2) is 42.6 Å². The molecule has 1 atom stereocenters. The summed E-state index contributed by atoms with van der Waals surface area (Å²) in [4.78, 5) is 29.9. The van der Waals surface area contributed by atoms with Gasteiger partial charge in [-0.05, 0) is 49.7 Å². The second-order valence-electron chi connectivity index (χ2n) is 6.66. The van der Waals surface area contributed by atoms with Crippen LogP contribution in [0, 0.1) is 0 Å². The lowest BCUT2D eigenvalue weighted by Crippen LogP contribution is -2.33. The van der Waals surface area contributed by atoms with E-state index in [1.807, 2.05) is 4.90 Å². The van der Waals surface area contributed by atoms with Crippen LogP contribution in [0.1, 0.15) is 34.1 Å². The Morgan fingerprint density at radius 2 is 1.85 bits per heavy atom. The number of nitrogens with zero attached hydrogens (tertiary/aromatic N) is 2. The van der Waals surface area contributed by atoms with E-state index in [-0.39, 0.29) is 29.2 Å². The van der Waals surface area contributed by atoms with Gasteiger partial charge in [0.2, 0.25) is 0 Å². The molecule has 2 heterocycles. The van der Waals surface area contributed by atoms with Gasteiger partial charge in [0, 0.05) is 36.1 Å². The van der Waals surface area contributed by atoms with Crippen LogP contribution in [0.2, 0.25) is 0 Å². The maximum absolute atomic E-state index is 12.5. The molecule has 8 heteroatoms. The number of hydrogen-bond acceptors (Lipinski definition) is 6. The number of Topliss-reactive ketones (excluding diaryl/α,β-unsaturated/α-hetero) is 1. The van der Waals surface area contributed by atoms with Crippen molar-refractivity contribution in [3.8, 4) is 0 Å². The molecule has 1 aromatic carbocycles. The molecule has 0 radical (unpaired) electrons. The number of aromatic nitrogens is 1. The van der Waals surface area contributed by atoms with Crippen molar-refractivity contribution in [1.82, 2.24) is 4.98 Å². The molecule has 0 saturated carbocycles. The maximum Gasteiger partial charge on any atom is 0.255 e. The molecule has 1 fully saturated rings. The van der Waals surface area contributed by atoms with Gasteiger partial charge in [-0.2, -0.15) is 0 Å². The summed E-state index contributed by atoms with van der Waals surface area (Å²) in [5, 5.41) is 2.78. The molecule has 0 aliphatic carbocycles. The van der Waals surface area contributed by atoms with Crippen LogP contribution >= 0.6 is 0 Å². The first kappa shape index (κ1) is 19.0. The van der Waals surface area contributed by atoms with Crippen molar-refractivity contribution in [3.05, 3.63) is 53.7 Å². The standard InChI is InChI=1S/C19H21N3O4S/c1-13(23)14-3-5-16(6-4-14)21-19(24)15-7-9-20-18(11-15)22(2)17-8-10-27(25,26)12-17/h3-7,9,11,17H,8,10,12H2,1-2H3,(H,21,24). The quantitative estimate of drug-likeness (QED) is 0.790. The van der Waals surface area contributed by atoms with Crippen molar-refractivity contribution >= 4 is 33.0 Å². The third-order valence-electron chi connectivity index (χ3n) is 4.67. The van der Waals surface area contributed by atoms with Crippen LogP contribution in [-0.2, 0) is 9.84 Å². The number of amides is 1. The van der Waals surface area contributed by atoms with Crippen molar-refractivity contribution in [2.75, 3.05) is 28.8 Å². The van der Waals surface area contributed by atoms with Crippen molar-refractivity contribution in [1.29, 1.82) is 0 Å². The number of ketones is 1. The highest BCUT2D eigenvalue weighted by Crippen LogP contribution is 2.22. The molecule has 1 aliphatic heterocycles. The summed E-state index contributed by atoms with van der Waals surface area (Å²) in [5.41, 5.74) is 1.58. The van der Waals surface area contributed by atoms with Crippen LogP contribution in [0.25, 0.3) is 0 Å². The van der Waals surface area contributed by atoms with Gasteiger partial charge in [-0.25, -0.2) is 13.4 Å². The van der Waals surface area contributed by atoms with E-state index in [9.17, 15) is 18.0 Å². The Balaban J connectivity index is 1.72. The summed E-state index contributed by atoms with van der Waals surface area (Å²) in [6.07, 6.45) is 2.09. The summed E-state index contributed by atoms with van der Waals surface area (Å²) in [6.45, 7) is 1.48. The molecular formula is C19H21N3O4S. The van der Waals surface area contributed by atoms with Crippen LogP contribution in [0.4, 0.5) is 11.5 Å². The zero-order valence-corrected chi connectivity index (χ0v) is 16.0. The van der Waals surface area contributed by atoms with Crippen LogP contribution < -0.4 is 10.2 Å². The molecular weight excluding hydrogens is 366 g/mol. The molecule has 0 spiro atoms. The number of carbonyl (C=O) groups excluding carboxylic acids is 2. The normalized spacial score (nSPS) is 18.1. The second-order valence-corrected chi connectivity index (χ2v) is 8.89. The fraction of sp³-hybridized carbons (Fsp3) is 0.316. The maximum atomic E-state index is 12.5. The molecule has 3 rings (SSSR count). The Hall–Kier alpha value is -2.74. The molecule has 27 heavy (non-hydrogen) atoms. The summed E-state index contributed by atoms with van der Waals surface area (Å²) in [7, 11) is -1.21. The number of sulfone groups is 1. The first-order valence-corrected chi connectivity index (χ1v) is 10.4. The molecule has 142 valence electrons. The van der Waals surface area contributed by atoms with E-state index in [2.05, 4.69) is 10.3 Å². The van der Waals surface area contributed by atoms with Gasteiger partial charge in [-0.3, -0.25) is 9.59 Å². The molecule has 0 bridgehead atoms. The zero-order chi connectivity index (χ0) is 19.6. The van der Waals surface area contributed by atoms with Gasteiger partial charge in [-0.15, -0.1) is 0 Å². The minimum Gasteiger partial charge on any atom is -0.356 e. The molecule has 1 unspecified atom stereocenters. The topological polar surface area (TPSA) is 96.4 Å². The van der Waals surface area contributed by atoms with E-state index in [0.717, 1.165) is 0 Å². The number of nitrogens with one attached hydrogen (secondary N) is 1. The van der Waals surface area contributed by atoms with Crippen molar-refractivity contribution in [2.45, 2.75) is 19.4 Å². The Bertz CT molecular complexity index is 971. The van der Waals surface area contributed by atoms with Gasteiger partial charge in [0.15, 0.2) is 15.6 Å². The van der Waals surface area contributed by atoms with E-state index in [1.165, 1.54) is 13.1 Å². The lowest BCUT2D eigenvalue weighted by molar-refractivity contribution is 0.101. The summed E-state index contributed by atoms with van der Waals surface area (Å²) < 4.78 is 23.4. The van der Waals surface area contributed by atoms with E-state index in [1.54, 1.807) is 43.4 Å². The average molecular weight is 387 g/mol. The highest BCUT2D eigenvalue weighted by atomic mass is 32.2. The minimum atomic E-state index is -3.00. The van der Waals surface area contributed by atoms with Gasteiger partial charge < -0.3 is 10.2 Å². The van der Waals surface area contributed by atoms with Crippen molar-refractivity contribution in [3.63, 3.8) is 0 Å². The summed E-state index contributed by atoms with van der Waals surface area (Å²) >= 11 is 0. The van der Waals surface area contributed by atoms with Crippen LogP contribution in [-0.4, -0.2) is 49.7 Å². The first-order valence-electron chi connectivity index (χ1n) is 8.57. The molecule has 7 nitrogen and oxygen atoms in total. The molecule has 1 aromatic heterocycles. The SMILES string of the molecule is CC(=O)c1ccc(NC(=O)c2ccnc(N(C)C3CCS(=O)(=O)C3)c2)cc1. The number of pyridine rings is 1. The summed E-state index contributed by atoms with van der Waals surface area (Å²) in [6, 6.07) is 9.76. The highest BCUT2D eigenvalue weighted by molar-refractivity contribution is 7.91. The monoisotopic (exact) mass is 387 g/mol. The highest BCUT2D eigenvalue weighted by Gasteiger charge is 2.31. The molecule has 1 amide bonds. The van der Waals surface area contributed by atoms with E-state index >= 15 is 0 Å². The van der Waals surface area contributed by atoms with Crippen molar-refractivity contribution in [2.24, 2.45) is 0 Å². The van der Waals surface area contributed by atoms with Gasteiger partial charge in [0.25, 0.3) is 5.91 Å². The van der Waals surface area contributed by atoms with Gasteiger partial charge in [0.1, 0.15) is 5.82 Å². The third kappa shape index (κ3) is 4.51. The van der Waals surface area contributed by atoms with Crippen molar-refractivity contribution < 1.29 is 18.0 Å². The fourth-order valence-corrected chi connectivity index (χ4v) is 4.79. The smallest absolute Gasteiger partial charge is 0.255 e. The molecule has 1 N–H and O–H groups in total. The van der Waals surface area contributed by atoms with Gasteiger partial charge >= 0.3 is 0 Å². The molecule has 1 aliphatic rings. The largest absolute Gasteiger partial charge is 0.356 e. The molecule has 1 saturated heterocycles.